The maximum Gasteiger partial charge on any atom is 0.0993 e. The molecule has 29 heavy (non-hydrogen) atoms. The quantitative estimate of drug-likeness (QED) is 0.168. The third-order valence-electron chi connectivity index (χ3n) is 5.22. The maximum absolute atomic E-state index is 5.89. The van der Waals surface area contributed by atoms with Crippen molar-refractivity contribution in [3.63, 3.8) is 0 Å². The van der Waals surface area contributed by atoms with Gasteiger partial charge in [0.15, 0.2) is 0 Å². The normalized spacial score (nSPS) is 11.3. The van der Waals surface area contributed by atoms with Crippen LogP contribution in [0, 0.1) is 0 Å². The molecular weight excluding hydrogens is 403 g/mol. The van der Waals surface area contributed by atoms with Gasteiger partial charge in [0.05, 0.1) is 22.2 Å². The second kappa shape index (κ2) is 10.1. The minimum atomic E-state index is 0. The van der Waals surface area contributed by atoms with Crippen LogP contribution in [0.4, 0.5) is 5.69 Å². The molecule has 0 spiro atoms. The number of nitrogens with one attached hydrogen (secondary N) is 1. The second-order valence-corrected chi connectivity index (χ2v) is 7.32. The Labute approximate surface area is 182 Å². The van der Waals surface area contributed by atoms with E-state index in [-0.39, 0.29) is 12.4 Å². The van der Waals surface area contributed by atoms with Crippen LogP contribution in [0.3, 0.4) is 0 Å². The fraction of sp³-hybridized carbons (Fsp3) is 0.304. The predicted octanol–water partition coefficient (Wildman–Crippen LogP) is 5.72. The number of halogens is 2. The molecule has 0 atom stereocenters. The van der Waals surface area contributed by atoms with Gasteiger partial charge in [-0.05, 0) is 37.7 Å². The summed E-state index contributed by atoms with van der Waals surface area (Å²) in [6.07, 6.45) is 2.90. The molecule has 0 amide bonds. The van der Waals surface area contributed by atoms with Gasteiger partial charge in [0.2, 0.25) is 0 Å². The van der Waals surface area contributed by atoms with Crippen molar-refractivity contribution < 1.29 is 0 Å². The van der Waals surface area contributed by atoms with E-state index in [4.69, 9.17) is 16.6 Å². The van der Waals surface area contributed by atoms with E-state index in [0.29, 0.717) is 5.88 Å². The Kier molecular flexibility index (Phi) is 7.48. The SMILES string of the molecule is CCN(CCCl)CCCNc1c2ccccc2nc2c1ccc1cccnc12.Cl. The van der Waals surface area contributed by atoms with Crippen LogP contribution >= 0.6 is 24.0 Å². The van der Waals surface area contributed by atoms with Crippen molar-refractivity contribution in [1.29, 1.82) is 0 Å². The third kappa shape index (κ3) is 4.55. The summed E-state index contributed by atoms with van der Waals surface area (Å²) < 4.78 is 0. The second-order valence-electron chi connectivity index (χ2n) is 6.94. The van der Waals surface area contributed by atoms with E-state index >= 15 is 0 Å². The van der Waals surface area contributed by atoms with Crippen LogP contribution in [-0.2, 0) is 0 Å². The van der Waals surface area contributed by atoms with Gasteiger partial charge in [0.1, 0.15) is 0 Å². The number of para-hydroxylation sites is 1. The van der Waals surface area contributed by atoms with E-state index in [1.54, 1.807) is 0 Å². The number of nitrogens with zero attached hydrogens (tertiary/aromatic N) is 3. The maximum atomic E-state index is 5.89. The van der Waals surface area contributed by atoms with Gasteiger partial charge in [0.25, 0.3) is 0 Å². The Balaban J connectivity index is 0.00000240. The van der Waals surface area contributed by atoms with E-state index < -0.39 is 0 Å². The minimum absolute atomic E-state index is 0. The summed E-state index contributed by atoms with van der Waals surface area (Å²) in [4.78, 5) is 11.9. The molecule has 2 heterocycles. The highest BCUT2D eigenvalue weighted by atomic mass is 35.5. The molecule has 152 valence electrons. The average Bonchev–Trinajstić information content (AvgIpc) is 2.75. The Morgan fingerprint density at radius 2 is 1.83 bits per heavy atom. The van der Waals surface area contributed by atoms with Gasteiger partial charge in [0, 0.05) is 41.3 Å². The molecule has 0 aliphatic carbocycles. The van der Waals surface area contributed by atoms with Gasteiger partial charge in [-0.25, -0.2) is 4.98 Å². The first kappa shape index (κ1) is 21.6. The number of anilines is 1. The monoisotopic (exact) mass is 428 g/mol. The molecule has 0 saturated heterocycles. The van der Waals surface area contributed by atoms with Crippen LogP contribution in [0.2, 0.25) is 0 Å². The number of hydrogen-bond acceptors (Lipinski definition) is 4. The fourth-order valence-corrected chi connectivity index (χ4v) is 3.99. The highest BCUT2D eigenvalue weighted by Gasteiger charge is 2.12. The lowest BCUT2D eigenvalue weighted by Crippen LogP contribution is -2.27. The molecule has 4 nitrogen and oxygen atoms in total. The predicted molar refractivity (Wildman–Crippen MR) is 128 cm³/mol. The summed E-state index contributed by atoms with van der Waals surface area (Å²) >= 11 is 5.89. The van der Waals surface area contributed by atoms with Gasteiger partial charge in [-0.2, -0.15) is 0 Å². The first-order valence-electron chi connectivity index (χ1n) is 9.90. The number of alkyl halides is 1. The number of benzene rings is 2. The molecule has 6 heteroatoms. The average molecular weight is 429 g/mol. The Hall–Kier alpha value is -2.14. The van der Waals surface area contributed by atoms with E-state index in [1.807, 2.05) is 18.3 Å². The number of aromatic nitrogens is 2. The van der Waals surface area contributed by atoms with Crippen molar-refractivity contribution in [3.8, 4) is 0 Å². The molecule has 0 bridgehead atoms. The number of rotatable bonds is 8. The summed E-state index contributed by atoms with van der Waals surface area (Å²) in [5.41, 5.74) is 4.05. The Morgan fingerprint density at radius 3 is 2.66 bits per heavy atom. The standard InChI is InChI=1S/C23H25ClN4.ClH/c1-2-28(16-12-24)15-6-14-26-22-18-8-3-4-9-20(18)27-23-19(22)11-10-17-7-5-13-25-21(17)23;/h3-5,7-11,13H,2,6,12,14-16H2,1H3,(H,26,27);1H. The van der Waals surface area contributed by atoms with E-state index in [1.165, 1.54) is 0 Å². The first-order chi connectivity index (χ1) is 13.8. The van der Waals surface area contributed by atoms with Crippen LogP contribution in [0.25, 0.3) is 32.7 Å². The van der Waals surface area contributed by atoms with Gasteiger partial charge in [-0.1, -0.05) is 37.3 Å². The molecular formula is C23H26Cl2N4. The van der Waals surface area contributed by atoms with Crippen molar-refractivity contribution in [2.24, 2.45) is 0 Å². The summed E-state index contributed by atoms with van der Waals surface area (Å²) in [6, 6.07) is 16.7. The van der Waals surface area contributed by atoms with Crippen LogP contribution in [0.15, 0.2) is 54.7 Å². The van der Waals surface area contributed by atoms with Crippen molar-refractivity contribution in [1.82, 2.24) is 14.9 Å². The van der Waals surface area contributed by atoms with Gasteiger partial charge in [-0.15, -0.1) is 24.0 Å². The van der Waals surface area contributed by atoms with Crippen molar-refractivity contribution >= 4 is 62.4 Å². The molecule has 1 N–H and O–H groups in total. The zero-order valence-corrected chi connectivity index (χ0v) is 18.1. The van der Waals surface area contributed by atoms with Crippen molar-refractivity contribution in [2.45, 2.75) is 13.3 Å². The van der Waals surface area contributed by atoms with Crippen molar-refractivity contribution in [3.05, 3.63) is 54.7 Å². The molecule has 2 aromatic heterocycles. The molecule has 0 saturated carbocycles. The molecule has 2 aromatic carbocycles. The lowest BCUT2D eigenvalue weighted by atomic mass is 10.0. The van der Waals surface area contributed by atoms with Gasteiger partial charge < -0.3 is 10.2 Å². The highest BCUT2D eigenvalue weighted by Crippen LogP contribution is 2.33. The lowest BCUT2D eigenvalue weighted by Gasteiger charge is -2.19. The van der Waals surface area contributed by atoms with Crippen LogP contribution in [0.5, 0.6) is 0 Å². The van der Waals surface area contributed by atoms with Crippen LogP contribution in [-0.4, -0.2) is 46.9 Å². The summed E-state index contributed by atoms with van der Waals surface area (Å²) in [5, 5.41) is 7.08. The number of hydrogen-bond donors (Lipinski definition) is 1. The molecule has 0 aliphatic heterocycles. The molecule has 4 aromatic rings. The van der Waals surface area contributed by atoms with Crippen LogP contribution in [0.1, 0.15) is 13.3 Å². The Morgan fingerprint density at radius 1 is 0.966 bits per heavy atom. The van der Waals surface area contributed by atoms with Crippen molar-refractivity contribution in [2.75, 3.05) is 37.4 Å². The van der Waals surface area contributed by atoms with Gasteiger partial charge in [-0.3, -0.25) is 4.98 Å². The largest absolute Gasteiger partial charge is 0.384 e. The van der Waals surface area contributed by atoms with E-state index in [9.17, 15) is 0 Å². The summed E-state index contributed by atoms with van der Waals surface area (Å²) in [5.74, 6) is 0.682. The first-order valence-corrected chi connectivity index (χ1v) is 10.4. The highest BCUT2D eigenvalue weighted by molar-refractivity contribution is 6.18. The lowest BCUT2D eigenvalue weighted by molar-refractivity contribution is 0.304. The minimum Gasteiger partial charge on any atom is -0.384 e. The van der Waals surface area contributed by atoms with Gasteiger partial charge >= 0.3 is 0 Å². The molecule has 0 aliphatic rings. The van der Waals surface area contributed by atoms with Crippen LogP contribution < -0.4 is 5.32 Å². The third-order valence-corrected chi connectivity index (χ3v) is 5.39. The molecule has 0 unspecified atom stereocenters. The number of fused-ring (bicyclic) bond motifs is 4. The fourth-order valence-electron chi connectivity index (χ4n) is 3.75. The molecule has 0 fully saturated rings. The Bertz CT molecular complexity index is 1100. The number of pyridine rings is 2. The zero-order valence-electron chi connectivity index (χ0n) is 16.6. The zero-order chi connectivity index (χ0) is 19.3. The smallest absolute Gasteiger partial charge is 0.0993 e. The topological polar surface area (TPSA) is 41.0 Å². The van der Waals surface area contributed by atoms with E-state index in [2.05, 4.69) is 58.5 Å². The van der Waals surface area contributed by atoms with E-state index in [0.717, 1.165) is 71.0 Å². The summed E-state index contributed by atoms with van der Waals surface area (Å²) in [7, 11) is 0. The molecule has 4 rings (SSSR count). The summed E-state index contributed by atoms with van der Waals surface area (Å²) in [6.45, 7) is 6.11. The molecule has 0 radical (unpaired) electrons.